The first-order chi connectivity index (χ1) is 13.7. The van der Waals surface area contributed by atoms with Gasteiger partial charge in [-0.25, -0.2) is 0 Å². The first-order valence-electron chi connectivity index (χ1n) is 10.1. The molecule has 28 heavy (non-hydrogen) atoms. The second kappa shape index (κ2) is 8.73. The van der Waals surface area contributed by atoms with E-state index in [4.69, 9.17) is 0 Å². The van der Waals surface area contributed by atoms with E-state index in [1.165, 1.54) is 19.3 Å². The third-order valence-electron chi connectivity index (χ3n) is 5.58. The largest absolute Gasteiger partial charge is 0.352 e. The molecule has 2 aliphatic rings. The van der Waals surface area contributed by atoms with E-state index in [2.05, 4.69) is 39.1 Å². The van der Waals surface area contributed by atoms with Crippen molar-refractivity contribution >= 4 is 35.0 Å². The van der Waals surface area contributed by atoms with E-state index in [0.29, 0.717) is 19.1 Å². The van der Waals surface area contributed by atoms with Crippen LogP contribution in [0.3, 0.4) is 0 Å². The van der Waals surface area contributed by atoms with Crippen LogP contribution in [0.5, 0.6) is 0 Å². The van der Waals surface area contributed by atoms with Crippen LogP contribution >= 0.6 is 11.3 Å². The third-order valence-corrected chi connectivity index (χ3v) is 6.42. The summed E-state index contributed by atoms with van der Waals surface area (Å²) in [4.78, 5) is 20.0. The van der Waals surface area contributed by atoms with E-state index in [9.17, 15) is 4.79 Å². The Morgan fingerprint density at radius 3 is 2.54 bits per heavy atom. The summed E-state index contributed by atoms with van der Waals surface area (Å²) in [7, 11) is 0. The SMILES string of the molecule is CC1CCCCN1c1ccc(N2CCN(C(=O)/C=C/c3cccs3)CC2)nn1. The molecule has 0 N–H and O–H groups in total. The van der Waals surface area contributed by atoms with Crippen LogP contribution in [0.2, 0.25) is 0 Å². The highest BCUT2D eigenvalue weighted by Crippen LogP contribution is 2.23. The monoisotopic (exact) mass is 397 g/mol. The minimum absolute atomic E-state index is 0.0774. The molecule has 1 atom stereocenters. The zero-order chi connectivity index (χ0) is 19.3. The number of amides is 1. The summed E-state index contributed by atoms with van der Waals surface area (Å²) >= 11 is 1.64. The van der Waals surface area contributed by atoms with Crippen LogP contribution in [-0.2, 0) is 4.79 Å². The Balaban J connectivity index is 1.31. The predicted molar refractivity (Wildman–Crippen MR) is 115 cm³/mol. The molecule has 0 radical (unpaired) electrons. The maximum absolute atomic E-state index is 12.4. The van der Waals surface area contributed by atoms with Crippen molar-refractivity contribution in [3.05, 3.63) is 40.6 Å². The number of aromatic nitrogens is 2. The van der Waals surface area contributed by atoms with Gasteiger partial charge in [0.25, 0.3) is 0 Å². The number of piperazine rings is 1. The number of anilines is 2. The lowest BCUT2D eigenvalue weighted by molar-refractivity contribution is -0.126. The maximum atomic E-state index is 12.4. The summed E-state index contributed by atoms with van der Waals surface area (Å²) in [6.07, 6.45) is 7.32. The second-order valence-corrected chi connectivity index (χ2v) is 8.43. The number of carbonyl (C=O) groups is 1. The van der Waals surface area contributed by atoms with Crippen molar-refractivity contribution in [2.75, 3.05) is 42.5 Å². The maximum Gasteiger partial charge on any atom is 0.246 e. The van der Waals surface area contributed by atoms with Gasteiger partial charge < -0.3 is 14.7 Å². The standard InChI is InChI=1S/C21H27N5OS/c1-17-5-2-3-11-26(17)20-9-8-19(22-23-20)24-12-14-25(15-13-24)21(27)10-7-18-6-4-16-28-18/h4,6-10,16-17H,2-3,5,11-15H2,1H3/b10-7+. The van der Waals surface area contributed by atoms with E-state index >= 15 is 0 Å². The molecule has 2 saturated heterocycles. The Morgan fingerprint density at radius 1 is 1.07 bits per heavy atom. The molecule has 1 amide bonds. The molecule has 2 aromatic heterocycles. The number of nitrogens with zero attached hydrogens (tertiary/aromatic N) is 5. The van der Waals surface area contributed by atoms with Crippen molar-refractivity contribution in [1.82, 2.24) is 15.1 Å². The van der Waals surface area contributed by atoms with Crippen molar-refractivity contribution < 1.29 is 4.79 Å². The quantitative estimate of drug-likeness (QED) is 0.741. The van der Waals surface area contributed by atoms with Gasteiger partial charge in [-0.15, -0.1) is 21.5 Å². The van der Waals surface area contributed by atoms with Crippen LogP contribution in [0.15, 0.2) is 35.7 Å². The zero-order valence-electron chi connectivity index (χ0n) is 16.3. The van der Waals surface area contributed by atoms with Gasteiger partial charge in [0.15, 0.2) is 11.6 Å². The molecule has 0 aromatic carbocycles. The summed E-state index contributed by atoms with van der Waals surface area (Å²) in [5.41, 5.74) is 0. The van der Waals surface area contributed by atoms with Crippen LogP contribution in [-0.4, -0.2) is 59.8 Å². The molecule has 0 aliphatic carbocycles. The van der Waals surface area contributed by atoms with Crippen LogP contribution in [0, 0.1) is 0 Å². The lowest BCUT2D eigenvalue weighted by Crippen LogP contribution is -2.48. The summed E-state index contributed by atoms with van der Waals surface area (Å²) in [6.45, 7) is 6.31. The average molecular weight is 398 g/mol. The van der Waals surface area contributed by atoms with Crippen molar-refractivity contribution in [1.29, 1.82) is 0 Å². The third kappa shape index (κ3) is 4.35. The summed E-state index contributed by atoms with van der Waals surface area (Å²) in [5.74, 6) is 1.95. The Morgan fingerprint density at radius 2 is 1.86 bits per heavy atom. The zero-order valence-corrected chi connectivity index (χ0v) is 17.1. The van der Waals surface area contributed by atoms with Gasteiger partial charge in [-0.1, -0.05) is 6.07 Å². The Labute approximate surface area is 170 Å². The van der Waals surface area contributed by atoms with E-state index in [-0.39, 0.29) is 5.91 Å². The normalized spacial score (nSPS) is 20.8. The molecule has 4 rings (SSSR count). The van der Waals surface area contributed by atoms with Gasteiger partial charge in [-0.2, -0.15) is 0 Å². The second-order valence-electron chi connectivity index (χ2n) is 7.45. The van der Waals surface area contributed by atoms with Crippen LogP contribution < -0.4 is 9.80 Å². The van der Waals surface area contributed by atoms with Gasteiger partial charge in [-0.3, -0.25) is 4.79 Å². The Kier molecular flexibility index (Phi) is 5.90. The molecular weight excluding hydrogens is 370 g/mol. The minimum atomic E-state index is 0.0774. The molecular formula is C21H27N5OS. The average Bonchev–Trinajstić information content (AvgIpc) is 3.26. The highest BCUT2D eigenvalue weighted by Gasteiger charge is 2.23. The summed E-state index contributed by atoms with van der Waals surface area (Å²) < 4.78 is 0. The minimum Gasteiger partial charge on any atom is -0.352 e. The van der Waals surface area contributed by atoms with E-state index < -0.39 is 0 Å². The van der Waals surface area contributed by atoms with Gasteiger partial charge in [0.05, 0.1) is 0 Å². The molecule has 0 bridgehead atoms. The predicted octanol–water partition coefficient (Wildman–Crippen LogP) is 3.28. The number of rotatable bonds is 4. The smallest absolute Gasteiger partial charge is 0.246 e. The van der Waals surface area contributed by atoms with Gasteiger partial charge in [0, 0.05) is 49.7 Å². The molecule has 2 fully saturated rings. The molecule has 0 spiro atoms. The molecule has 0 saturated carbocycles. The van der Waals surface area contributed by atoms with E-state index in [0.717, 1.165) is 36.1 Å². The van der Waals surface area contributed by atoms with E-state index in [1.54, 1.807) is 17.4 Å². The molecule has 4 heterocycles. The number of hydrogen-bond donors (Lipinski definition) is 0. The van der Waals surface area contributed by atoms with Crippen LogP contribution in [0.4, 0.5) is 11.6 Å². The van der Waals surface area contributed by atoms with Crippen molar-refractivity contribution in [2.24, 2.45) is 0 Å². The highest BCUT2D eigenvalue weighted by atomic mass is 32.1. The number of hydrogen-bond acceptors (Lipinski definition) is 6. The molecule has 2 aromatic rings. The lowest BCUT2D eigenvalue weighted by atomic mass is 10.0. The van der Waals surface area contributed by atoms with Crippen molar-refractivity contribution in [3.63, 3.8) is 0 Å². The Bertz CT molecular complexity index is 797. The van der Waals surface area contributed by atoms with Crippen molar-refractivity contribution in [3.8, 4) is 0 Å². The Hall–Kier alpha value is -2.41. The molecule has 1 unspecified atom stereocenters. The van der Waals surface area contributed by atoms with Crippen molar-refractivity contribution in [2.45, 2.75) is 32.2 Å². The fourth-order valence-corrected chi connectivity index (χ4v) is 4.50. The van der Waals surface area contributed by atoms with Gasteiger partial charge in [-0.05, 0) is 55.8 Å². The molecule has 148 valence electrons. The summed E-state index contributed by atoms with van der Waals surface area (Å²) in [6, 6.07) is 8.69. The first-order valence-corrected chi connectivity index (χ1v) is 10.9. The summed E-state index contributed by atoms with van der Waals surface area (Å²) in [5, 5.41) is 11.0. The van der Waals surface area contributed by atoms with E-state index in [1.807, 2.05) is 28.5 Å². The van der Waals surface area contributed by atoms with Crippen LogP contribution in [0.1, 0.15) is 31.1 Å². The van der Waals surface area contributed by atoms with Crippen LogP contribution in [0.25, 0.3) is 6.08 Å². The first kappa shape index (κ1) is 18.9. The number of thiophene rings is 1. The van der Waals surface area contributed by atoms with Gasteiger partial charge in [0.2, 0.25) is 5.91 Å². The topological polar surface area (TPSA) is 52.6 Å². The molecule has 7 heteroatoms. The number of carbonyl (C=O) groups excluding carboxylic acids is 1. The lowest BCUT2D eigenvalue weighted by Gasteiger charge is -2.36. The highest BCUT2D eigenvalue weighted by molar-refractivity contribution is 7.10. The molecule has 6 nitrogen and oxygen atoms in total. The fourth-order valence-electron chi connectivity index (χ4n) is 3.88. The number of piperidine rings is 1. The fraction of sp³-hybridized carbons (Fsp3) is 0.476. The molecule has 2 aliphatic heterocycles. The van der Waals surface area contributed by atoms with Gasteiger partial charge in [0.1, 0.15) is 0 Å². The van der Waals surface area contributed by atoms with Gasteiger partial charge >= 0.3 is 0 Å².